The van der Waals surface area contributed by atoms with Crippen molar-refractivity contribution in [2.45, 2.75) is 32.6 Å². The molecule has 0 N–H and O–H groups in total. The molecule has 0 aliphatic heterocycles. The maximum absolute atomic E-state index is 2.47. The summed E-state index contributed by atoms with van der Waals surface area (Å²) in [7, 11) is 0. The summed E-state index contributed by atoms with van der Waals surface area (Å²) in [6.07, 6.45) is 4.83. The van der Waals surface area contributed by atoms with Gasteiger partial charge in [0.05, 0.1) is 5.69 Å². The Morgan fingerprint density at radius 1 is 0.815 bits per heavy atom. The molecule has 2 heteroatoms. The molecule has 0 saturated heterocycles. The van der Waals surface area contributed by atoms with Crippen molar-refractivity contribution in [2.75, 3.05) is 0 Å². The molecule has 4 aromatic rings. The zero-order chi connectivity index (χ0) is 18.5. The summed E-state index contributed by atoms with van der Waals surface area (Å²) in [4.78, 5) is 1.35. The van der Waals surface area contributed by atoms with E-state index in [9.17, 15) is 0 Å². The van der Waals surface area contributed by atoms with Crippen LogP contribution in [-0.4, -0.2) is 4.57 Å². The molecule has 0 aliphatic rings. The molecule has 0 saturated carbocycles. The van der Waals surface area contributed by atoms with Gasteiger partial charge in [-0.2, -0.15) is 0 Å². The molecular weight excluding hydrogens is 346 g/mol. The molecular formula is C25H25NS. The summed E-state index contributed by atoms with van der Waals surface area (Å²) >= 11 is 1.83. The van der Waals surface area contributed by atoms with E-state index >= 15 is 0 Å². The fourth-order valence-corrected chi connectivity index (χ4v) is 4.44. The normalized spacial score (nSPS) is 11.0. The van der Waals surface area contributed by atoms with Crippen LogP contribution in [0.4, 0.5) is 0 Å². The Labute approximate surface area is 165 Å². The van der Waals surface area contributed by atoms with Crippen molar-refractivity contribution in [1.82, 2.24) is 4.57 Å². The first kappa shape index (κ1) is 17.8. The number of hydrogen-bond acceptors (Lipinski definition) is 1. The molecule has 0 unspecified atom stereocenters. The summed E-state index contributed by atoms with van der Waals surface area (Å²) in [5, 5.41) is 2.17. The Morgan fingerprint density at radius 3 is 2.22 bits per heavy atom. The van der Waals surface area contributed by atoms with Gasteiger partial charge in [0.1, 0.15) is 0 Å². The maximum Gasteiger partial charge on any atom is 0.0538 e. The van der Waals surface area contributed by atoms with Crippen molar-refractivity contribution in [3.63, 3.8) is 0 Å². The summed E-state index contributed by atoms with van der Waals surface area (Å²) in [6, 6.07) is 28.3. The van der Waals surface area contributed by atoms with Gasteiger partial charge in [0.25, 0.3) is 0 Å². The second-order valence-electron chi connectivity index (χ2n) is 6.86. The van der Waals surface area contributed by atoms with E-state index < -0.39 is 0 Å². The van der Waals surface area contributed by atoms with Gasteiger partial charge in [0, 0.05) is 21.8 Å². The Balaban J connectivity index is 1.94. The lowest BCUT2D eigenvalue weighted by atomic mass is 10.1. The van der Waals surface area contributed by atoms with E-state index in [-0.39, 0.29) is 0 Å². The average Bonchev–Trinajstić information content (AvgIpc) is 3.37. The Bertz CT molecular complexity index is 966. The highest BCUT2D eigenvalue weighted by Crippen LogP contribution is 2.38. The number of unbranched alkanes of at least 4 members (excludes halogenated alkanes) is 2. The average molecular weight is 372 g/mol. The van der Waals surface area contributed by atoms with Crippen molar-refractivity contribution >= 4 is 11.3 Å². The molecule has 0 amide bonds. The molecule has 4 rings (SSSR count). The van der Waals surface area contributed by atoms with Gasteiger partial charge in [0.15, 0.2) is 0 Å². The highest BCUT2D eigenvalue weighted by molar-refractivity contribution is 7.13. The number of aromatic nitrogens is 1. The zero-order valence-electron chi connectivity index (χ0n) is 15.8. The van der Waals surface area contributed by atoms with E-state index in [0.29, 0.717) is 0 Å². The van der Waals surface area contributed by atoms with Gasteiger partial charge in [-0.1, -0.05) is 74.4 Å². The first-order valence-electron chi connectivity index (χ1n) is 9.78. The zero-order valence-corrected chi connectivity index (χ0v) is 16.6. The monoisotopic (exact) mass is 371 g/mol. The van der Waals surface area contributed by atoms with Crippen LogP contribution in [-0.2, 0) is 6.42 Å². The van der Waals surface area contributed by atoms with Crippen LogP contribution >= 0.6 is 11.3 Å². The molecule has 1 nitrogen and oxygen atoms in total. The third-order valence-corrected chi connectivity index (χ3v) is 5.89. The molecule has 2 aromatic heterocycles. The number of rotatable bonds is 7. The van der Waals surface area contributed by atoms with E-state index in [1.807, 2.05) is 11.3 Å². The number of nitrogens with zero attached hydrogens (tertiary/aromatic N) is 1. The van der Waals surface area contributed by atoms with Crippen molar-refractivity contribution < 1.29 is 0 Å². The lowest BCUT2D eigenvalue weighted by molar-refractivity contribution is 0.700. The number of benzene rings is 2. The van der Waals surface area contributed by atoms with Crippen LogP contribution in [0.2, 0.25) is 0 Å². The van der Waals surface area contributed by atoms with E-state index in [2.05, 4.69) is 95.7 Å². The van der Waals surface area contributed by atoms with Crippen molar-refractivity contribution in [3.8, 4) is 27.4 Å². The van der Waals surface area contributed by atoms with Crippen LogP contribution in [0.15, 0.2) is 84.2 Å². The predicted octanol–water partition coefficient (Wildman–Crippen LogP) is 7.61. The van der Waals surface area contributed by atoms with Gasteiger partial charge in [-0.3, -0.25) is 0 Å². The third-order valence-electron chi connectivity index (χ3n) is 4.99. The molecule has 2 aromatic carbocycles. The van der Waals surface area contributed by atoms with Crippen LogP contribution in [0.1, 0.15) is 31.9 Å². The first-order valence-corrected chi connectivity index (χ1v) is 10.7. The van der Waals surface area contributed by atoms with Gasteiger partial charge in [-0.05, 0) is 48.1 Å². The molecule has 0 aliphatic carbocycles. The maximum atomic E-state index is 2.47. The lowest BCUT2D eigenvalue weighted by Gasteiger charge is -2.15. The largest absolute Gasteiger partial charge is 0.313 e. The minimum atomic E-state index is 1.10. The SMILES string of the molecule is CCCCCc1c(-c2cccs2)cc(-c2ccccc2)n1-c1ccccc1. The highest BCUT2D eigenvalue weighted by Gasteiger charge is 2.19. The number of hydrogen-bond donors (Lipinski definition) is 0. The fraction of sp³-hybridized carbons (Fsp3) is 0.200. The fourth-order valence-electron chi connectivity index (χ4n) is 3.68. The molecule has 0 spiro atoms. The molecule has 0 radical (unpaired) electrons. The van der Waals surface area contributed by atoms with Crippen LogP contribution in [0.5, 0.6) is 0 Å². The third kappa shape index (κ3) is 3.77. The van der Waals surface area contributed by atoms with Gasteiger partial charge in [0.2, 0.25) is 0 Å². The van der Waals surface area contributed by atoms with Crippen LogP contribution in [0, 0.1) is 0 Å². The summed E-state index contributed by atoms with van der Waals surface area (Å²) in [5.74, 6) is 0. The molecule has 136 valence electrons. The molecule has 2 heterocycles. The lowest BCUT2D eigenvalue weighted by Crippen LogP contribution is -2.03. The van der Waals surface area contributed by atoms with Crippen molar-refractivity contribution in [1.29, 1.82) is 0 Å². The van der Waals surface area contributed by atoms with E-state index in [1.54, 1.807) is 0 Å². The van der Waals surface area contributed by atoms with Gasteiger partial charge in [-0.15, -0.1) is 11.3 Å². The molecule has 0 fully saturated rings. The number of thiophene rings is 1. The van der Waals surface area contributed by atoms with Gasteiger partial charge in [-0.25, -0.2) is 0 Å². The quantitative estimate of drug-likeness (QED) is 0.295. The van der Waals surface area contributed by atoms with Gasteiger partial charge < -0.3 is 4.57 Å². The smallest absolute Gasteiger partial charge is 0.0538 e. The van der Waals surface area contributed by atoms with E-state index in [1.165, 1.54) is 52.3 Å². The highest BCUT2D eigenvalue weighted by atomic mass is 32.1. The summed E-state index contributed by atoms with van der Waals surface area (Å²) < 4.78 is 2.47. The Morgan fingerprint density at radius 2 is 1.56 bits per heavy atom. The Kier molecular flexibility index (Phi) is 5.55. The summed E-state index contributed by atoms with van der Waals surface area (Å²) in [6.45, 7) is 2.27. The van der Waals surface area contributed by atoms with Crippen molar-refractivity contribution in [2.24, 2.45) is 0 Å². The Hall–Kier alpha value is -2.58. The minimum Gasteiger partial charge on any atom is -0.313 e. The second kappa shape index (κ2) is 8.41. The first-order chi connectivity index (χ1) is 13.4. The van der Waals surface area contributed by atoms with Crippen LogP contribution < -0.4 is 0 Å². The van der Waals surface area contributed by atoms with E-state index in [0.717, 1.165) is 6.42 Å². The van der Waals surface area contributed by atoms with Crippen molar-refractivity contribution in [3.05, 3.63) is 89.9 Å². The van der Waals surface area contributed by atoms with Crippen LogP contribution in [0.25, 0.3) is 27.4 Å². The topological polar surface area (TPSA) is 4.93 Å². The van der Waals surface area contributed by atoms with Crippen LogP contribution in [0.3, 0.4) is 0 Å². The molecule has 27 heavy (non-hydrogen) atoms. The van der Waals surface area contributed by atoms with Gasteiger partial charge >= 0.3 is 0 Å². The second-order valence-corrected chi connectivity index (χ2v) is 7.81. The minimum absolute atomic E-state index is 1.10. The predicted molar refractivity (Wildman–Crippen MR) is 118 cm³/mol. The molecule has 0 bridgehead atoms. The summed E-state index contributed by atoms with van der Waals surface area (Å²) in [5.41, 5.74) is 6.59. The molecule has 0 atom stereocenters. The standard InChI is InChI=1S/C25H25NS/c1-2-3-6-16-23-22(25-17-11-18-27-25)19-24(20-12-7-4-8-13-20)26(23)21-14-9-5-10-15-21/h4-5,7-15,17-19H,2-3,6,16H2,1H3. The number of para-hydroxylation sites is 1. The van der Waals surface area contributed by atoms with E-state index in [4.69, 9.17) is 0 Å².